The fourth-order valence-electron chi connectivity index (χ4n) is 2.16. The van der Waals surface area contributed by atoms with Gasteiger partial charge in [0.2, 0.25) is 0 Å². The Bertz CT molecular complexity index is 416. The van der Waals surface area contributed by atoms with Gasteiger partial charge in [-0.25, -0.2) is 0 Å². The van der Waals surface area contributed by atoms with Crippen LogP contribution in [0.15, 0.2) is 12.4 Å². The van der Waals surface area contributed by atoms with Crippen molar-refractivity contribution in [1.82, 2.24) is 15.1 Å². The van der Waals surface area contributed by atoms with Crippen molar-refractivity contribution >= 4 is 11.9 Å². The van der Waals surface area contributed by atoms with Crippen LogP contribution in [-0.2, 0) is 9.53 Å². The van der Waals surface area contributed by atoms with Crippen LogP contribution >= 0.6 is 0 Å². The molecule has 1 aliphatic rings. The zero-order chi connectivity index (χ0) is 13.0. The number of ether oxygens (including phenoxy) is 1. The number of carbonyl (C=O) groups excluding carboxylic acids is 2. The Morgan fingerprint density at radius 3 is 3.11 bits per heavy atom. The second kappa shape index (κ2) is 5.66. The van der Waals surface area contributed by atoms with Gasteiger partial charge in [-0.3, -0.25) is 14.7 Å². The lowest BCUT2D eigenvalue weighted by molar-refractivity contribution is -0.149. The first-order valence-electron chi connectivity index (χ1n) is 6.17. The lowest BCUT2D eigenvalue weighted by Crippen LogP contribution is -2.42. The molecule has 1 N–H and O–H groups in total. The summed E-state index contributed by atoms with van der Waals surface area (Å²) in [5, 5.41) is 6.37. The second-order valence-corrected chi connectivity index (χ2v) is 4.33. The fraction of sp³-hybridized carbons (Fsp3) is 0.583. The number of aromatic nitrogens is 2. The van der Waals surface area contributed by atoms with Gasteiger partial charge in [-0.15, -0.1) is 0 Å². The van der Waals surface area contributed by atoms with E-state index < -0.39 is 0 Å². The minimum atomic E-state index is -0.206. The second-order valence-electron chi connectivity index (χ2n) is 4.33. The molecular weight excluding hydrogens is 234 g/mol. The Hall–Kier alpha value is -1.85. The summed E-state index contributed by atoms with van der Waals surface area (Å²) in [6.45, 7) is 3.28. The minimum absolute atomic E-state index is 0.0854. The third kappa shape index (κ3) is 2.69. The Labute approximate surface area is 105 Å². The highest BCUT2D eigenvalue weighted by molar-refractivity contribution is 5.94. The van der Waals surface area contributed by atoms with Gasteiger partial charge in [-0.2, -0.15) is 5.10 Å². The predicted molar refractivity (Wildman–Crippen MR) is 63.8 cm³/mol. The molecule has 1 aliphatic heterocycles. The van der Waals surface area contributed by atoms with Crippen LogP contribution < -0.4 is 0 Å². The highest BCUT2D eigenvalue weighted by Gasteiger charge is 2.29. The number of H-pyrrole nitrogens is 1. The first kappa shape index (κ1) is 12.6. The lowest BCUT2D eigenvalue weighted by atomic mass is 9.98. The molecule has 1 fully saturated rings. The molecule has 1 unspecified atom stereocenters. The van der Waals surface area contributed by atoms with Crippen molar-refractivity contribution in [3.8, 4) is 0 Å². The topological polar surface area (TPSA) is 75.3 Å². The van der Waals surface area contributed by atoms with Crippen LogP contribution in [0.1, 0.15) is 30.1 Å². The van der Waals surface area contributed by atoms with Gasteiger partial charge in [0.25, 0.3) is 5.91 Å². The number of amides is 1. The summed E-state index contributed by atoms with van der Waals surface area (Å²) >= 11 is 0. The van der Waals surface area contributed by atoms with E-state index in [9.17, 15) is 9.59 Å². The molecular formula is C12H17N3O3. The van der Waals surface area contributed by atoms with E-state index in [-0.39, 0.29) is 17.8 Å². The number of hydrogen-bond donors (Lipinski definition) is 1. The molecule has 0 spiro atoms. The quantitative estimate of drug-likeness (QED) is 0.807. The Morgan fingerprint density at radius 2 is 2.44 bits per heavy atom. The summed E-state index contributed by atoms with van der Waals surface area (Å²) in [7, 11) is 0. The van der Waals surface area contributed by atoms with Gasteiger partial charge in [0.1, 0.15) is 0 Å². The molecule has 1 amide bonds. The molecule has 2 rings (SSSR count). The van der Waals surface area contributed by atoms with E-state index in [0.29, 0.717) is 25.3 Å². The molecule has 1 saturated heterocycles. The third-order valence-electron chi connectivity index (χ3n) is 3.07. The van der Waals surface area contributed by atoms with Crippen molar-refractivity contribution in [3.05, 3.63) is 18.0 Å². The SMILES string of the molecule is CCOC(=O)C1CCCN(C(=O)c2cn[nH]c2)C1. The van der Waals surface area contributed by atoms with Crippen LogP contribution in [-0.4, -0.2) is 46.7 Å². The third-order valence-corrected chi connectivity index (χ3v) is 3.07. The highest BCUT2D eigenvalue weighted by atomic mass is 16.5. The number of piperidine rings is 1. The normalized spacial score (nSPS) is 19.6. The zero-order valence-electron chi connectivity index (χ0n) is 10.4. The smallest absolute Gasteiger partial charge is 0.310 e. The largest absolute Gasteiger partial charge is 0.466 e. The highest BCUT2D eigenvalue weighted by Crippen LogP contribution is 2.19. The molecule has 0 saturated carbocycles. The van der Waals surface area contributed by atoms with Crippen molar-refractivity contribution in [2.45, 2.75) is 19.8 Å². The number of likely N-dealkylation sites (tertiary alicyclic amines) is 1. The summed E-state index contributed by atoms with van der Waals surface area (Å²) in [5.74, 6) is -0.491. The maximum atomic E-state index is 12.1. The molecule has 1 aromatic heterocycles. The van der Waals surface area contributed by atoms with Crippen molar-refractivity contribution in [2.75, 3.05) is 19.7 Å². The fourth-order valence-corrected chi connectivity index (χ4v) is 2.16. The summed E-state index contributed by atoms with van der Waals surface area (Å²) < 4.78 is 5.00. The van der Waals surface area contributed by atoms with Crippen LogP contribution in [0.5, 0.6) is 0 Å². The Kier molecular flexibility index (Phi) is 3.96. The van der Waals surface area contributed by atoms with E-state index in [1.54, 1.807) is 18.0 Å². The van der Waals surface area contributed by atoms with Crippen LogP contribution in [0.2, 0.25) is 0 Å². The van der Waals surface area contributed by atoms with Crippen LogP contribution in [0.4, 0.5) is 0 Å². The van der Waals surface area contributed by atoms with E-state index in [2.05, 4.69) is 10.2 Å². The number of nitrogens with one attached hydrogen (secondary N) is 1. The van der Waals surface area contributed by atoms with Crippen LogP contribution in [0.3, 0.4) is 0 Å². The van der Waals surface area contributed by atoms with Gasteiger partial charge in [0, 0.05) is 19.3 Å². The molecule has 0 aliphatic carbocycles. The standard InChI is InChI=1S/C12H17N3O3/c1-2-18-12(17)9-4-3-5-15(8-9)11(16)10-6-13-14-7-10/h6-7,9H,2-5,8H2,1H3,(H,13,14). The van der Waals surface area contributed by atoms with Crippen molar-refractivity contribution in [2.24, 2.45) is 5.92 Å². The van der Waals surface area contributed by atoms with Gasteiger partial charge >= 0.3 is 5.97 Å². The summed E-state index contributed by atoms with van der Waals surface area (Å²) in [5.41, 5.74) is 0.527. The number of aromatic amines is 1. The molecule has 0 radical (unpaired) electrons. The molecule has 2 heterocycles. The monoisotopic (exact) mass is 251 g/mol. The molecule has 1 aromatic rings. The van der Waals surface area contributed by atoms with Crippen molar-refractivity contribution in [1.29, 1.82) is 0 Å². The van der Waals surface area contributed by atoms with E-state index in [4.69, 9.17) is 4.74 Å². The molecule has 0 bridgehead atoms. The lowest BCUT2D eigenvalue weighted by Gasteiger charge is -2.31. The predicted octanol–water partition coefficient (Wildman–Crippen LogP) is 0.825. The van der Waals surface area contributed by atoms with Crippen LogP contribution in [0, 0.1) is 5.92 Å². The average Bonchev–Trinajstić information content (AvgIpc) is 2.92. The van der Waals surface area contributed by atoms with E-state index >= 15 is 0 Å². The maximum Gasteiger partial charge on any atom is 0.310 e. The Balaban J connectivity index is 1.98. The van der Waals surface area contributed by atoms with Gasteiger partial charge < -0.3 is 9.64 Å². The summed E-state index contributed by atoms with van der Waals surface area (Å²) in [4.78, 5) is 25.5. The van der Waals surface area contributed by atoms with E-state index in [0.717, 1.165) is 12.8 Å². The maximum absolute atomic E-state index is 12.1. The number of esters is 1. The van der Waals surface area contributed by atoms with Gasteiger partial charge in [0.15, 0.2) is 0 Å². The number of hydrogen-bond acceptors (Lipinski definition) is 4. The minimum Gasteiger partial charge on any atom is -0.466 e. The van der Waals surface area contributed by atoms with Crippen molar-refractivity contribution < 1.29 is 14.3 Å². The van der Waals surface area contributed by atoms with E-state index in [1.807, 2.05) is 0 Å². The number of rotatable bonds is 3. The number of nitrogens with zero attached hydrogens (tertiary/aromatic N) is 2. The van der Waals surface area contributed by atoms with Gasteiger partial charge in [-0.1, -0.05) is 0 Å². The first-order chi connectivity index (χ1) is 8.72. The molecule has 1 atom stereocenters. The molecule has 0 aromatic carbocycles. The molecule has 18 heavy (non-hydrogen) atoms. The Morgan fingerprint density at radius 1 is 1.61 bits per heavy atom. The van der Waals surface area contributed by atoms with E-state index in [1.165, 1.54) is 6.20 Å². The first-order valence-corrected chi connectivity index (χ1v) is 6.17. The zero-order valence-corrected chi connectivity index (χ0v) is 10.4. The summed E-state index contributed by atoms with van der Waals surface area (Å²) in [6, 6.07) is 0. The average molecular weight is 251 g/mol. The molecule has 98 valence electrons. The molecule has 6 heteroatoms. The van der Waals surface area contributed by atoms with Gasteiger partial charge in [-0.05, 0) is 19.8 Å². The van der Waals surface area contributed by atoms with Gasteiger partial charge in [0.05, 0.1) is 24.3 Å². The van der Waals surface area contributed by atoms with Crippen molar-refractivity contribution in [3.63, 3.8) is 0 Å². The number of carbonyl (C=O) groups is 2. The molecule has 6 nitrogen and oxygen atoms in total. The van der Waals surface area contributed by atoms with Crippen LogP contribution in [0.25, 0.3) is 0 Å². The summed E-state index contributed by atoms with van der Waals surface area (Å²) in [6.07, 6.45) is 4.67.